The Morgan fingerprint density at radius 2 is 1.37 bits per heavy atom. The van der Waals surface area contributed by atoms with Gasteiger partial charge in [0.2, 0.25) is 0 Å². The lowest BCUT2D eigenvalue weighted by molar-refractivity contribution is 0.0735. The summed E-state index contributed by atoms with van der Waals surface area (Å²) in [5, 5.41) is 0.726. The number of carbonyl (C=O) groups excluding carboxylic acids is 1. The molecule has 0 unspecified atom stereocenters. The van der Waals surface area contributed by atoms with Crippen molar-refractivity contribution in [1.82, 2.24) is 0 Å². The van der Waals surface area contributed by atoms with E-state index in [2.05, 4.69) is 0 Å². The fraction of sp³-hybridized carbons (Fsp3) is 0.0833. The van der Waals surface area contributed by atoms with Gasteiger partial charge in [0.1, 0.15) is 22.8 Å². The molecule has 150 valence electrons. The van der Waals surface area contributed by atoms with Gasteiger partial charge in [0.25, 0.3) is 0 Å². The molecule has 0 aliphatic carbocycles. The number of methoxy groups -OCH3 is 2. The summed E-state index contributed by atoms with van der Waals surface area (Å²) >= 11 is 0. The predicted octanol–water partition coefficient (Wildman–Crippen LogP) is 4.70. The van der Waals surface area contributed by atoms with E-state index < -0.39 is 11.6 Å². The van der Waals surface area contributed by atoms with E-state index >= 15 is 0 Å². The first kappa shape index (κ1) is 19.3. The smallest absolute Gasteiger partial charge is 0.343 e. The van der Waals surface area contributed by atoms with E-state index in [4.69, 9.17) is 18.6 Å². The van der Waals surface area contributed by atoms with Gasteiger partial charge >= 0.3 is 11.6 Å². The number of fused-ring (bicyclic) bond motifs is 1. The molecule has 0 fully saturated rings. The van der Waals surface area contributed by atoms with E-state index in [0.717, 1.165) is 22.3 Å². The maximum Gasteiger partial charge on any atom is 0.343 e. The first-order chi connectivity index (χ1) is 14.6. The van der Waals surface area contributed by atoms with E-state index in [0.29, 0.717) is 16.9 Å². The van der Waals surface area contributed by atoms with E-state index in [-0.39, 0.29) is 5.75 Å². The molecule has 0 amide bonds. The lowest BCUT2D eigenvalue weighted by Crippen LogP contribution is -2.08. The van der Waals surface area contributed by atoms with Crippen LogP contribution in [0.25, 0.3) is 22.1 Å². The van der Waals surface area contributed by atoms with Gasteiger partial charge in [-0.15, -0.1) is 0 Å². The molecule has 30 heavy (non-hydrogen) atoms. The van der Waals surface area contributed by atoms with Crippen molar-refractivity contribution in [3.8, 4) is 28.4 Å². The van der Waals surface area contributed by atoms with E-state index in [1.54, 1.807) is 50.6 Å². The standard InChI is InChI=1S/C24H18O6/c1-27-17-7-3-15(4-8-17)21-14-23(25)30-22-13-19(11-12-20(21)22)29-24(26)16-5-9-18(28-2)10-6-16/h3-14H,1-2H3. The number of carbonyl (C=O) groups is 1. The average molecular weight is 402 g/mol. The molecule has 0 saturated carbocycles. The van der Waals surface area contributed by atoms with Crippen LogP contribution in [-0.4, -0.2) is 20.2 Å². The van der Waals surface area contributed by atoms with Crippen LogP contribution in [-0.2, 0) is 0 Å². The summed E-state index contributed by atoms with van der Waals surface area (Å²) in [7, 11) is 3.15. The number of ether oxygens (including phenoxy) is 3. The molecular formula is C24H18O6. The number of hydrogen-bond donors (Lipinski definition) is 0. The summed E-state index contributed by atoms with van der Waals surface area (Å²) in [6, 6.07) is 20.4. The molecule has 0 N–H and O–H groups in total. The summed E-state index contributed by atoms with van der Waals surface area (Å²) in [5.74, 6) is 1.12. The number of rotatable bonds is 5. The molecule has 0 radical (unpaired) electrons. The molecule has 4 aromatic rings. The first-order valence-corrected chi connectivity index (χ1v) is 9.16. The summed E-state index contributed by atoms with van der Waals surface area (Å²) in [6.45, 7) is 0. The van der Waals surface area contributed by atoms with Gasteiger partial charge in [-0.1, -0.05) is 12.1 Å². The highest BCUT2D eigenvalue weighted by Gasteiger charge is 2.13. The maximum absolute atomic E-state index is 12.4. The minimum absolute atomic E-state index is 0.276. The maximum atomic E-state index is 12.4. The van der Waals surface area contributed by atoms with Gasteiger partial charge in [-0.25, -0.2) is 9.59 Å². The number of hydrogen-bond acceptors (Lipinski definition) is 6. The Labute approximate surface area is 172 Å². The Morgan fingerprint density at radius 3 is 2.00 bits per heavy atom. The lowest BCUT2D eigenvalue weighted by Gasteiger charge is -2.09. The zero-order valence-corrected chi connectivity index (χ0v) is 16.4. The van der Waals surface area contributed by atoms with Crippen LogP contribution >= 0.6 is 0 Å². The zero-order valence-electron chi connectivity index (χ0n) is 16.4. The third-order valence-electron chi connectivity index (χ3n) is 4.65. The largest absolute Gasteiger partial charge is 0.497 e. The third kappa shape index (κ3) is 3.89. The Hall–Kier alpha value is -4.06. The molecule has 0 atom stereocenters. The average Bonchev–Trinajstić information content (AvgIpc) is 2.78. The zero-order chi connectivity index (χ0) is 21.1. The third-order valence-corrected chi connectivity index (χ3v) is 4.65. The van der Waals surface area contributed by atoms with Crippen molar-refractivity contribution in [1.29, 1.82) is 0 Å². The molecule has 6 nitrogen and oxygen atoms in total. The van der Waals surface area contributed by atoms with Crippen LogP contribution < -0.4 is 19.8 Å². The van der Waals surface area contributed by atoms with Crippen molar-refractivity contribution in [3.63, 3.8) is 0 Å². The summed E-state index contributed by atoms with van der Waals surface area (Å²) < 4.78 is 21.0. The minimum Gasteiger partial charge on any atom is -0.497 e. The van der Waals surface area contributed by atoms with Crippen molar-refractivity contribution in [3.05, 3.63) is 88.8 Å². The van der Waals surface area contributed by atoms with Gasteiger partial charge in [0.15, 0.2) is 0 Å². The lowest BCUT2D eigenvalue weighted by atomic mass is 10.0. The monoisotopic (exact) mass is 402 g/mol. The minimum atomic E-state index is -0.523. The van der Waals surface area contributed by atoms with Crippen LogP contribution in [0.2, 0.25) is 0 Å². The SMILES string of the molecule is COc1ccc(C(=O)Oc2ccc3c(-c4ccc(OC)cc4)cc(=O)oc3c2)cc1. The molecule has 0 bridgehead atoms. The summed E-state index contributed by atoms with van der Waals surface area (Å²) in [6.07, 6.45) is 0. The van der Waals surface area contributed by atoms with Crippen molar-refractivity contribution in [2.45, 2.75) is 0 Å². The quantitative estimate of drug-likeness (QED) is 0.274. The van der Waals surface area contributed by atoms with Crippen LogP contribution in [0.15, 0.2) is 82.0 Å². The van der Waals surface area contributed by atoms with Gasteiger partial charge in [0, 0.05) is 17.5 Å². The molecule has 6 heteroatoms. The van der Waals surface area contributed by atoms with Crippen LogP contribution in [0.3, 0.4) is 0 Å². The highest BCUT2D eigenvalue weighted by Crippen LogP contribution is 2.31. The van der Waals surface area contributed by atoms with Crippen LogP contribution in [0.4, 0.5) is 0 Å². The molecule has 0 aliphatic rings. The summed E-state index contributed by atoms with van der Waals surface area (Å²) in [4.78, 5) is 24.5. The van der Waals surface area contributed by atoms with Crippen LogP contribution in [0, 0.1) is 0 Å². The molecule has 0 spiro atoms. The van der Waals surface area contributed by atoms with Crippen LogP contribution in [0.1, 0.15) is 10.4 Å². The van der Waals surface area contributed by atoms with E-state index in [1.165, 1.54) is 12.1 Å². The summed E-state index contributed by atoms with van der Waals surface area (Å²) in [5.41, 5.74) is 1.78. The number of benzene rings is 3. The van der Waals surface area contributed by atoms with E-state index in [1.807, 2.05) is 24.3 Å². The molecule has 1 heterocycles. The Kier molecular flexibility index (Phi) is 5.22. The highest BCUT2D eigenvalue weighted by molar-refractivity contribution is 5.95. The fourth-order valence-corrected chi connectivity index (χ4v) is 3.11. The Morgan fingerprint density at radius 1 is 0.767 bits per heavy atom. The molecule has 0 aliphatic heterocycles. The predicted molar refractivity (Wildman–Crippen MR) is 112 cm³/mol. The molecule has 3 aromatic carbocycles. The van der Waals surface area contributed by atoms with Crippen molar-refractivity contribution >= 4 is 16.9 Å². The van der Waals surface area contributed by atoms with E-state index in [9.17, 15) is 9.59 Å². The molecular weight excluding hydrogens is 384 g/mol. The van der Waals surface area contributed by atoms with Crippen molar-refractivity contribution in [2.75, 3.05) is 14.2 Å². The van der Waals surface area contributed by atoms with Crippen molar-refractivity contribution < 1.29 is 23.4 Å². The van der Waals surface area contributed by atoms with Gasteiger partial charge in [0.05, 0.1) is 19.8 Å². The second kappa shape index (κ2) is 8.13. The second-order valence-electron chi connectivity index (χ2n) is 6.48. The topological polar surface area (TPSA) is 75.0 Å². The number of esters is 1. The first-order valence-electron chi connectivity index (χ1n) is 9.16. The normalized spacial score (nSPS) is 10.6. The fourth-order valence-electron chi connectivity index (χ4n) is 3.11. The second-order valence-corrected chi connectivity index (χ2v) is 6.48. The van der Waals surface area contributed by atoms with Gasteiger partial charge in [-0.05, 0) is 59.7 Å². The van der Waals surface area contributed by atoms with Crippen molar-refractivity contribution in [2.24, 2.45) is 0 Å². The van der Waals surface area contributed by atoms with Gasteiger partial charge in [-0.2, -0.15) is 0 Å². The highest BCUT2D eigenvalue weighted by atomic mass is 16.5. The molecule has 0 saturated heterocycles. The Bertz CT molecular complexity index is 1250. The van der Waals surface area contributed by atoms with Crippen LogP contribution in [0.5, 0.6) is 17.2 Å². The molecule has 1 aromatic heterocycles. The van der Waals surface area contributed by atoms with Gasteiger partial charge < -0.3 is 18.6 Å². The molecule has 4 rings (SSSR count). The Balaban J connectivity index is 1.66. The van der Waals surface area contributed by atoms with Gasteiger partial charge in [-0.3, -0.25) is 0 Å².